The second-order valence-corrected chi connectivity index (χ2v) is 6.47. The molecule has 1 heterocycles. The van der Waals surface area contributed by atoms with Gasteiger partial charge < -0.3 is 10.6 Å². The minimum atomic E-state index is -0.206. The van der Waals surface area contributed by atoms with E-state index in [9.17, 15) is 9.59 Å². The molecule has 0 spiro atoms. The van der Waals surface area contributed by atoms with E-state index in [0.29, 0.717) is 24.3 Å². The van der Waals surface area contributed by atoms with Crippen molar-refractivity contribution >= 4 is 11.8 Å². The maximum atomic E-state index is 12.6. The topological polar surface area (TPSA) is 76.0 Å². The Hall–Kier alpha value is -3.41. The van der Waals surface area contributed by atoms with Crippen LogP contribution in [-0.2, 0) is 6.54 Å². The predicted octanol–water partition coefficient (Wildman–Crippen LogP) is 3.33. The summed E-state index contributed by atoms with van der Waals surface area (Å²) in [7, 11) is 0. The number of carbonyl (C=O) groups is 2. The number of aromatic nitrogens is 2. The summed E-state index contributed by atoms with van der Waals surface area (Å²) in [5.41, 5.74) is 2.89. The zero-order chi connectivity index (χ0) is 19.8. The number of amides is 2. The molecule has 144 valence electrons. The molecule has 2 N–H and O–H groups in total. The molecule has 0 saturated carbocycles. The number of hydrogen-bond donors (Lipinski definition) is 2. The van der Waals surface area contributed by atoms with Crippen molar-refractivity contribution in [1.82, 2.24) is 20.2 Å². The predicted molar refractivity (Wildman–Crippen MR) is 108 cm³/mol. The largest absolute Gasteiger partial charge is 0.352 e. The van der Waals surface area contributed by atoms with Crippen LogP contribution >= 0.6 is 0 Å². The fourth-order valence-electron chi connectivity index (χ4n) is 2.79. The quantitative estimate of drug-likeness (QED) is 0.592. The van der Waals surface area contributed by atoms with Gasteiger partial charge in [0.2, 0.25) is 0 Å². The first-order chi connectivity index (χ1) is 13.7. The van der Waals surface area contributed by atoms with E-state index in [1.165, 1.54) is 0 Å². The maximum absolute atomic E-state index is 12.6. The van der Waals surface area contributed by atoms with Gasteiger partial charge in [0, 0.05) is 24.3 Å². The van der Waals surface area contributed by atoms with E-state index >= 15 is 0 Å². The van der Waals surface area contributed by atoms with Crippen molar-refractivity contribution in [3.63, 3.8) is 0 Å². The van der Waals surface area contributed by atoms with E-state index in [2.05, 4.69) is 22.5 Å². The lowest BCUT2D eigenvalue weighted by Gasteiger charge is -2.09. The smallest absolute Gasteiger partial charge is 0.270 e. The molecule has 0 aliphatic heterocycles. The summed E-state index contributed by atoms with van der Waals surface area (Å²) in [5.74, 6) is -0.279. The first kappa shape index (κ1) is 19.4. The Morgan fingerprint density at radius 1 is 0.964 bits per heavy atom. The number of unbranched alkanes of at least 4 members (excludes halogenated alkanes) is 1. The molecular formula is C22H24N4O2. The van der Waals surface area contributed by atoms with Crippen molar-refractivity contribution in [2.45, 2.75) is 26.3 Å². The van der Waals surface area contributed by atoms with Gasteiger partial charge in [-0.15, -0.1) is 0 Å². The van der Waals surface area contributed by atoms with Crippen molar-refractivity contribution in [1.29, 1.82) is 0 Å². The van der Waals surface area contributed by atoms with Gasteiger partial charge in [-0.3, -0.25) is 14.2 Å². The summed E-state index contributed by atoms with van der Waals surface area (Å²) in [5, 5.41) is 5.79. The average molecular weight is 376 g/mol. The highest BCUT2D eigenvalue weighted by atomic mass is 16.2. The van der Waals surface area contributed by atoms with Crippen LogP contribution in [0.1, 0.15) is 46.2 Å². The van der Waals surface area contributed by atoms with Gasteiger partial charge in [0.15, 0.2) is 0 Å². The van der Waals surface area contributed by atoms with E-state index in [1.54, 1.807) is 29.2 Å². The summed E-state index contributed by atoms with van der Waals surface area (Å²) in [6.45, 7) is 3.14. The molecule has 0 aliphatic rings. The molecule has 1 aromatic heterocycles. The van der Waals surface area contributed by atoms with Gasteiger partial charge in [-0.2, -0.15) is 0 Å². The molecule has 28 heavy (non-hydrogen) atoms. The Morgan fingerprint density at radius 3 is 2.43 bits per heavy atom. The van der Waals surface area contributed by atoms with Crippen molar-refractivity contribution in [2.75, 3.05) is 6.54 Å². The molecule has 0 radical (unpaired) electrons. The minimum Gasteiger partial charge on any atom is -0.352 e. The number of carbonyl (C=O) groups excluding carboxylic acids is 2. The van der Waals surface area contributed by atoms with Crippen molar-refractivity contribution in [3.8, 4) is 5.69 Å². The van der Waals surface area contributed by atoms with E-state index in [0.717, 1.165) is 24.1 Å². The zero-order valence-corrected chi connectivity index (χ0v) is 15.9. The zero-order valence-electron chi connectivity index (χ0n) is 15.9. The molecule has 0 fully saturated rings. The minimum absolute atomic E-state index is 0.0733. The maximum Gasteiger partial charge on any atom is 0.270 e. The molecule has 6 nitrogen and oxygen atoms in total. The SMILES string of the molecule is CCCCNC(=O)c1ccc(CNC(=O)c2cncn2-c2ccccc2)cc1. The van der Waals surface area contributed by atoms with Gasteiger partial charge in [0.05, 0.1) is 12.5 Å². The van der Waals surface area contributed by atoms with E-state index in [4.69, 9.17) is 0 Å². The lowest BCUT2D eigenvalue weighted by atomic mass is 10.1. The lowest BCUT2D eigenvalue weighted by molar-refractivity contribution is 0.0938. The van der Waals surface area contributed by atoms with Crippen LogP contribution in [0.25, 0.3) is 5.69 Å². The first-order valence-corrected chi connectivity index (χ1v) is 9.42. The first-order valence-electron chi connectivity index (χ1n) is 9.42. The van der Waals surface area contributed by atoms with Crippen molar-refractivity contribution < 1.29 is 9.59 Å². The van der Waals surface area contributed by atoms with Crippen LogP contribution in [-0.4, -0.2) is 27.9 Å². The van der Waals surface area contributed by atoms with Crippen LogP contribution in [0.5, 0.6) is 0 Å². The number of para-hydroxylation sites is 1. The fourth-order valence-corrected chi connectivity index (χ4v) is 2.79. The van der Waals surface area contributed by atoms with Crippen molar-refractivity contribution in [3.05, 3.63) is 83.9 Å². The fraction of sp³-hybridized carbons (Fsp3) is 0.227. The van der Waals surface area contributed by atoms with Gasteiger partial charge in [0.25, 0.3) is 11.8 Å². The van der Waals surface area contributed by atoms with E-state index in [1.807, 2.05) is 42.5 Å². The van der Waals surface area contributed by atoms with Gasteiger partial charge in [-0.05, 0) is 36.2 Å². The molecule has 6 heteroatoms. The number of benzene rings is 2. The second-order valence-electron chi connectivity index (χ2n) is 6.47. The van der Waals surface area contributed by atoms with Gasteiger partial charge in [0.1, 0.15) is 5.69 Å². The summed E-state index contributed by atoms with van der Waals surface area (Å²) in [4.78, 5) is 28.7. The Balaban J connectivity index is 1.58. The molecule has 0 bridgehead atoms. The second kappa shape index (κ2) is 9.50. The normalized spacial score (nSPS) is 10.5. The van der Waals surface area contributed by atoms with E-state index in [-0.39, 0.29) is 11.8 Å². The van der Waals surface area contributed by atoms with Gasteiger partial charge >= 0.3 is 0 Å². The summed E-state index contributed by atoms with van der Waals surface area (Å²) >= 11 is 0. The van der Waals surface area contributed by atoms with Crippen LogP contribution < -0.4 is 10.6 Å². The van der Waals surface area contributed by atoms with Crippen LogP contribution in [0.3, 0.4) is 0 Å². The Kier molecular flexibility index (Phi) is 6.57. The van der Waals surface area contributed by atoms with Crippen LogP contribution in [0.2, 0.25) is 0 Å². The third-order valence-corrected chi connectivity index (χ3v) is 4.39. The highest BCUT2D eigenvalue weighted by Crippen LogP contribution is 2.11. The third-order valence-electron chi connectivity index (χ3n) is 4.39. The third kappa shape index (κ3) is 4.85. The molecule has 3 rings (SSSR count). The number of nitrogens with one attached hydrogen (secondary N) is 2. The lowest BCUT2D eigenvalue weighted by Crippen LogP contribution is -2.25. The number of imidazole rings is 1. The molecule has 0 unspecified atom stereocenters. The number of nitrogens with zero attached hydrogens (tertiary/aromatic N) is 2. The van der Waals surface area contributed by atoms with Crippen LogP contribution in [0, 0.1) is 0 Å². The molecule has 0 atom stereocenters. The monoisotopic (exact) mass is 376 g/mol. The van der Waals surface area contributed by atoms with Crippen LogP contribution in [0.4, 0.5) is 0 Å². The summed E-state index contributed by atoms with van der Waals surface area (Å²) in [6, 6.07) is 16.8. The molecule has 0 saturated heterocycles. The molecule has 0 aliphatic carbocycles. The van der Waals surface area contributed by atoms with Gasteiger partial charge in [-0.1, -0.05) is 43.7 Å². The van der Waals surface area contributed by atoms with Crippen LogP contribution in [0.15, 0.2) is 67.1 Å². The average Bonchev–Trinajstić information content (AvgIpc) is 3.23. The number of rotatable bonds is 8. The Morgan fingerprint density at radius 2 is 1.71 bits per heavy atom. The van der Waals surface area contributed by atoms with Crippen molar-refractivity contribution in [2.24, 2.45) is 0 Å². The Labute approximate surface area is 164 Å². The highest BCUT2D eigenvalue weighted by Gasteiger charge is 2.13. The molecule has 3 aromatic rings. The number of hydrogen-bond acceptors (Lipinski definition) is 3. The van der Waals surface area contributed by atoms with Gasteiger partial charge in [-0.25, -0.2) is 4.98 Å². The molecule has 2 aromatic carbocycles. The standard InChI is InChI=1S/C22H24N4O2/c1-2-3-13-24-21(27)18-11-9-17(10-12-18)14-25-22(28)20-15-23-16-26(20)19-7-5-4-6-8-19/h4-12,15-16H,2-3,13-14H2,1H3,(H,24,27)(H,25,28). The molecule has 2 amide bonds. The van der Waals surface area contributed by atoms with E-state index < -0.39 is 0 Å². The highest BCUT2D eigenvalue weighted by molar-refractivity contribution is 5.94. The molecular weight excluding hydrogens is 352 g/mol. The summed E-state index contributed by atoms with van der Waals surface area (Å²) < 4.78 is 1.75. The Bertz CT molecular complexity index is 917. The summed E-state index contributed by atoms with van der Waals surface area (Å²) in [6.07, 6.45) is 5.18.